The van der Waals surface area contributed by atoms with Crippen molar-refractivity contribution in [1.29, 1.82) is 0 Å². The van der Waals surface area contributed by atoms with Crippen molar-refractivity contribution in [3.8, 4) is 33.4 Å². The highest BCUT2D eigenvalue weighted by Crippen LogP contribution is 2.47. The zero-order valence-corrected chi connectivity index (χ0v) is 30.0. The lowest BCUT2D eigenvalue weighted by molar-refractivity contribution is 0.669. The third-order valence-electron chi connectivity index (χ3n) is 11.4. The fourth-order valence-electron chi connectivity index (χ4n) is 9.05. The molecule has 2 aromatic heterocycles. The number of fused-ring (bicyclic) bond motifs is 11. The van der Waals surface area contributed by atoms with Crippen LogP contribution in [-0.4, -0.2) is 0 Å². The van der Waals surface area contributed by atoms with Crippen molar-refractivity contribution in [3.05, 3.63) is 182 Å². The van der Waals surface area contributed by atoms with Gasteiger partial charge >= 0.3 is 0 Å². The van der Waals surface area contributed by atoms with Crippen LogP contribution in [0.15, 0.2) is 186 Å². The molecule has 10 aromatic carbocycles. The first-order valence-electron chi connectivity index (χ1n) is 18.5. The fraction of sp³-hybridized carbons (Fsp3) is 0. The van der Waals surface area contributed by atoms with Gasteiger partial charge in [-0.2, -0.15) is 0 Å². The summed E-state index contributed by atoms with van der Waals surface area (Å²) in [6, 6.07) is 66.7. The lowest BCUT2D eigenvalue weighted by Crippen LogP contribution is -1.92. The molecule has 0 atom stereocenters. The van der Waals surface area contributed by atoms with Crippen LogP contribution in [0.4, 0.5) is 0 Å². The Morgan fingerprint density at radius 3 is 1.65 bits per heavy atom. The van der Waals surface area contributed by atoms with Crippen LogP contribution in [-0.2, 0) is 0 Å². The number of hydrogen-bond donors (Lipinski definition) is 0. The van der Waals surface area contributed by atoms with Crippen LogP contribution in [0.25, 0.3) is 119 Å². The number of benzene rings is 10. The SMILES string of the molecule is c1ccc(-c2c3ccccc3c(-c3ccc(-c4ccc5oc6cc7c(ccc8c9ccccc9sc78)cc6c5c4)c4ccccc34)c3ccccc23)cc1. The third kappa shape index (κ3) is 4.26. The molecule has 1 nitrogen and oxygen atoms in total. The molecule has 0 saturated heterocycles. The standard InChI is InChI=1S/C52H30OS/c1-2-12-31(13-3-1)50-38-17-6-8-19-40(38)51(41-20-9-7-18-39(41)50)42-26-25-34(35-14-4-5-15-36(35)42)32-23-27-47-45(28-32)46-29-33-22-24-43-37-16-10-11-21-49(37)54-52(43)44(33)30-48(46)53-47/h1-30H. The van der Waals surface area contributed by atoms with Crippen LogP contribution < -0.4 is 0 Å². The van der Waals surface area contributed by atoms with Crippen molar-refractivity contribution in [2.75, 3.05) is 0 Å². The summed E-state index contributed by atoms with van der Waals surface area (Å²) in [5, 5.41) is 14.9. The predicted molar refractivity (Wildman–Crippen MR) is 233 cm³/mol. The highest BCUT2D eigenvalue weighted by Gasteiger charge is 2.20. The number of hydrogen-bond acceptors (Lipinski definition) is 2. The van der Waals surface area contributed by atoms with E-state index in [1.54, 1.807) is 0 Å². The second-order valence-electron chi connectivity index (χ2n) is 14.3. The molecular weight excluding hydrogens is 673 g/mol. The van der Waals surface area contributed by atoms with Gasteiger partial charge in [0.05, 0.1) is 0 Å². The highest BCUT2D eigenvalue weighted by atomic mass is 32.1. The van der Waals surface area contributed by atoms with Gasteiger partial charge in [-0.1, -0.05) is 152 Å². The molecule has 0 radical (unpaired) electrons. The van der Waals surface area contributed by atoms with Gasteiger partial charge in [0.15, 0.2) is 0 Å². The highest BCUT2D eigenvalue weighted by molar-refractivity contribution is 7.26. The van der Waals surface area contributed by atoms with E-state index in [4.69, 9.17) is 4.42 Å². The van der Waals surface area contributed by atoms with Crippen molar-refractivity contribution in [2.24, 2.45) is 0 Å². The Morgan fingerprint density at radius 1 is 0.315 bits per heavy atom. The molecule has 0 spiro atoms. The summed E-state index contributed by atoms with van der Waals surface area (Å²) in [7, 11) is 0. The van der Waals surface area contributed by atoms with E-state index in [9.17, 15) is 0 Å². The maximum atomic E-state index is 6.57. The Morgan fingerprint density at radius 2 is 0.907 bits per heavy atom. The van der Waals surface area contributed by atoms with Crippen molar-refractivity contribution in [3.63, 3.8) is 0 Å². The van der Waals surface area contributed by atoms with Crippen molar-refractivity contribution >= 4 is 96.5 Å². The minimum absolute atomic E-state index is 0.911. The largest absolute Gasteiger partial charge is 0.456 e. The Labute approximate surface area is 314 Å². The molecule has 0 N–H and O–H groups in total. The first-order valence-corrected chi connectivity index (χ1v) is 19.3. The molecule has 250 valence electrons. The molecule has 0 unspecified atom stereocenters. The summed E-state index contributed by atoms with van der Waals surface area (Å²) in [5.74, 6) is 0. The zero-order valence-electron chi connectivity index (χ0n) is 29.1. The summed E-state index contributed by atoms with van der Waals surface area (Å²) in [5.41, 5.74) is 9.28. The number of furan rings is 1. The molecule has 0 aliphatic heterocycles. The van der Waals surface area contributed by atoms with E-state index >= 15 is 0 Å². The molecule has 12 aromatic rings. The molecule has 0 saturated carbocycles. The fourth-order valence-corrected chi connectivity index (χ4v) is 10.3. The van der Waals surface area contributed by atoms with Crippen LogP contribution in [0.1, 0.15) is 0 Å². The van der Waals surface area contributed by atoms with E-state index in [0.717, 1.165) is 21.9 Å². The van der Waals surface area contributed by atoms with E-state index in [1.807, 2.05) is 11.3 Å². The molecular formula is C52H30OS. The van der Waals surface area contributed by atoms with E-state index in [-0.39, 0.29) is 0 Å². The second kappa shape index (κ2) is 11.4. The van der Waals surface area contributed by atoms with Gasteiger partial charge in [-0.3, -0.25) is 0 Å². The van der Waals surface area contributed by atoms with Crippen LogP contribution in [0, 0.1) is 0 Å². The van der Waals surface area contributed by atoms with Gasteiger partial charge in [-0.25, -0.2) is 0 Å². The Hall–Kier alpha value is -6.74. The normalized spacial score (nSPS) is 12.1. The monoisotopic (exact) mass is 702 g/mol. The van der Waals surface area contributed by atoms with Crippen molar-refractivity contribution < 1.29 is 4.42 Å². The predicted octanol–water partition coefficient (Wildman–Crippen LogP) is 15.6. The van der Waals surface area contributed by atoms with Crippen LogP contribution >= 0.6 is 11.3 Å². The second-order valence-corrected chi connectivity index (χ2v) is 15.4. The van der Waals surface area contributed by atoms with Crippen molar-refractivity contribution in [1.82, 2.24) is 0 Å². The molecule has 2 heterocycles. The van der Waals surface area contributed by atoms with Gasteiger partial charge in [-0.05, 0) is 101 Å². The quantitative estimate of drug-likeness (QED) is 0.167. The van der Waals surface area contributed by atoms with E-state index in [1.165, 1.54) is 96.6 Å². The average Bonchev–Trinajstić information content (AvgIpc) is 3.80. The van der Waals surface area contributed by atoms with Gasteiger partial charge in [0.1, 0.15) is 11.2 Å². The molecule has 54 heavy (non-hydrogen) atoms. The summed E-state index contributed by atoms with van der Waals surface area (Å²) >= 11 is 1.87. The zero-order chi connectivity index (χ0) is 35.3. The van der Waals surface area contributed by atoms with Crippen molar-refractivity contribution in [2.45, 2.75) is 0 Å². The number of thiophene rings is 1. The molecule has 0 fully saturated rings. The van der Waals surface area contributed by atoms with E-state index in [0.29, 0.717) is 0 Å². The summed E-state index contributed by atoms with van der Waals surface area (Å²) in [6.07, 6.45) is 0. The summed E-state index contributed by atoms with van der Waals surface area (Å²) < 4.78 is 9.20. The topological polar surface area (TPSA) is 13.1 Å². The maximum Gasteiger partial charge on any atom is 0.136 e. The molecule has 0 bridgehead atoms. The Kier molecular flexibility index (Phi) is 6.28. The van der Waals surface area contributed by atoms with Crippen LogP contribution in [0.3, 0.4) is 0 Å². The van der Waals surface area contributed by atoms with Gasteiger partial charge in [0.2, 0.25) is 0 Å². The Balaban J connectivity index is 1.06. The smallest absolute Gasteiger partial charge is 0.136 e. The molecule has 0 aliphatic rings. The third-order valence-corrected chi connectivity index (χ3v) is 12.7. The minimum Gasteiger partial charge on any atom is -0.456 e. The minimum atomic E-state index is 0.911. The first kappa shape index (κ1) is 29.8. The lowest BCUT2D eigenvalue weighted by Gasteiger charge is -2.19. The molecule has 0 aliphatic carbocycles. The first-order chi connectivity index (χ1) is 26.8. The summed E-state index contributed by atoms with van der Waals surface area (Å²) in [4.78, 5) is 0. The lowest BCUT2D eigenvalue weighted by atomic mass is 9.84. The van der Waals surface area contributed by atoms with Crippen LogP contribution in [0.5, 0.6) is 0 Å². The van der Waals surface area contributed by atoms with Gasteiger partial charge in [0.25, 0.3) is 0 Å². The molecule has 2 heteroatoms. The van der Waals surface area contributed by atoms with Gasteiger partial charge in [0, 0.05) is 36.3 Å². The van der Waals surface area contributed by atoms with E-state index in [2.05, 4.69) is 182 Å². The number of rotatable bonds is 3. The average molecular weight is 703 g/mol. The maximum absolute atomic E-state index is 6.57. The summed E-state index contributed by atoms with van der Waals surface area (Å²) in [6.45, 7) is 0. The van der Waals surface area contributed by atoms with E-state index < -0.39 is 0 Å². The Bertz CT molecular complexity index is 3440. The molecule has 0 amide bonds. The van der Waals surface area contributed by atoms with Crippen LogP contribution in [0.2, 0.25) is 0 Å². The van der Waals surface area contributed by atoms with Gasteiger partial charge < -0.3 is 4.42 Å². The molecule has 12 rings (SSSR count). The van der Waals surface area contributed by atoms with Gasteiger partial charge in [-0.15, -0.1) is 11.3 Å².